The van der Waals surface area contributed by atoms with E-state index in [4.69, 9.17) is 4.74 Å². The fourth-order valence-corrected chi connectivity index (χ4v) is 2.98. The van der Waals surface area contributed by atoms with Gasteiger partial charge in [-0.05, 0) is 25.7 Å². The first-order valence-corrected chi connectivity index (χ1v) is 7.50. The van der Waals surface area contributed by atoms with E-state index in [1.54, 1.807) is 4.90 Å². The van der Waals surface area contributed by atoms with Crippen LogP contribution in [0.15, 0.2) is 0 Å². The summed E-state index contributed by atoms with van der Waals surface area (Å²) in [6.45, 7) is 2.38. The summed E-state index contributed by atoms with van der Waals surface area (Å²) < 4.78 is 7.69. The van der Waals surface area contributed by atoms with Gasteiger partial charge in [-0.15, -0.1) is 10.2 Å². The quantitative estimate of drug-likeness (QED) is 0.810. The van der Waals surface area contributed by atoms with Crippen LogP contribution in [-0.2, 0) is 29.0 Å². The molecule has 110 valence electrons. The number of aryl methyl sites for hydroxylation is 1. The maximum atomic E-state index is 12.1. The molecule has 20 heavy (non-hydrogen) atoms. The van der Waals surface area contributed by atoms with Crippen LogP contribution in [0, 0.1) is 0 Å². The van der Waals surface area contributed by atoms with Crippen molar-refractivity contribution in [1.82, 2.24) is 19.7 Å². The number of rotatable bonds is 5. The fraction of sp³-hybridized carbons (Fsp3) is 0.786. The molecule has 0 spiro atoms. The molecule has 1 unspecified atom stereocenters. The highest BCUT2D eigenvalue weighted by Gasteiger charge is 2.21. The molecule has 6 heteroatoms. The highest BCUT2D eigenvalue weighted by atomic mass is 16.5. The molecular formula is C14H22N4O2. The van der Waals surface area contributed by atoms with Crippen molar-refractivity contribution in [3.05, 3.63) is 11.6 Å². The molecule has 1 amide bonds. The van der Waals surface area contributed by atoms with Gasteiger partial charge >= 0.3 is 0 Å². The van der Waals surface area contributed by atoms with Crippen molar-refractivity contribution in [2.24, 2.45) is 0 Å². The molecule has 1 atom stereocenters. The maximum absolute atomic E-state index is 12.1. The average Bonchev–Trinajstić information content (AvgIpc) is 3.15. The number of aromatic nitrogens is 3. The topological polar surface area (TPSA) is 60.2 Å². The number of nitrogens with zero attached hydrogens (tertiary/aromatic N) is 4. The minimum atomic E-state index is 0.163. The molecular weight excluding hydrogens is 256 g/mol. The molecule has 0 bridgehead atoms. The number of hydrogen-bond donors (Lipinski definition) is 0. The van der Waals surface area contributed by atoms with Crippen molar-refractivity contribution in [2.45, 2.75) is 57.7 Å². The predicted molar refractivity (Wildman–Crippen MR) is 73.0 cm³/mol. The van der Waals surface area contributed by atoms with Crippen molar-refractivity contribution in [2.75, 3.05) is 13.7 Å². The van der Waals surface area contributed by atoms with E-state index in [1.165, 1.54) is 0 Å². The second kappa shape index (κ2) is 5.91. The summed E-state index contributed by atoms with van der Waals surface area (Å²) in [6, 6.07) is 0. The molecule has 2 aliphatic rings. The Labute approximate surface area is 119 Å². The first-order chi connectivity index (χ1) is 9.74. The first kappa shape index (κ1) is 13.5. The molecule has 0 aliphatic carbocycles. The normalized spacial score (nSPS) is 21.1. The van der Waals surface area contributed by atoms with Crippen LogP contribution < -0.4 is 0 Å². The molecule has 0 aromatic carbocycles. The van der Waals surface area contributed by atoms with Gasteiger partial charge in [0.2, 0.25) is 5.91 Å². The summed E-state index contributed by atoms with van der Waals surface area (Å²) in [6.07, 6.45) is 6.03. The third kappa shape index (κ3) is 2.85. The zero-order valence-corrected chi connectivity index (χ0v) is 12.0. The molecule has 0 N–H and O–H groups in total. The van der Waals surface area contributed by atoms with Gasteiger partial charge in [-0.25, -0.2) is 0 Å². The van der Waals surface area contributed by atoms with Crippen LogP contribution in [0.5, 0.6) is 0 Å². The van der Waals surface area contributed by atoms with Crippen LogP contribution in [0.2, 0.25) is 0 Å². The maximum Gasteiger partial charge on any atom is 0.222 e. The van der Waals surface area contributed by atoms with Crippen LogP contribution >= 0.6 is 0 Å². The third-order valence-electron chi connectivity index (χ3n) is 4.19. The van der Waals surface area contributed by atoms with E-state index >= 15 is 0 Å². The van der Waals surface area contributed by atoms with Gasteiger partial charge in [-0.2, -0.15) is 0 Å². The van der Waals surface area contributed by atoms with E-state index in [9.17, 15) is 4.79 Å². The molecule has 1 saturated heterocycles. The average molecular weight is 278 g/mol. The Morgan fingerprint density at radius 2 is 2.35 bits per heavy atom. The fourth-order valence-electron chi connectivity index (χ4n) is 2.98. The van der Waals surface area contributed by atoms with Crippen LogP contribution in [0.3, 0.4) is 0 Å². The number of hydrogen-bond acceptors (Lipinski definition) is 4. The lowest BCUT2D eigenvalue weighted by Crippen LogP contribution is -2.28. The summed E-state index contributed by atoms with van der Waals surface area (Å²) >= 11 is 0. The Balaban J connectivity index is 1.50. The van der Waals surface area contributed by atoms with Crippen molar-refractivity contribution >= 4 is 5.91 Å². The first-order valence-electron chi connectivity index (χ1n) is 7.50. The third-order valence-corrected chi connectivity index (χ3v) is 4.19. The van der Waals surface area contributed by atoms with Gasteiger partial charge in [0.05, 0.1) is 12.6 Å². The lowest BCUT2D eigenvalue weighted by Gasteiger charge is -2.18. The summed E-state index contributed by atoms with van der Waals surface area (Å²) in [4.78, 5) is 13.9. The van der Waals surface area contributed by atoms with Crippen LogP contribution in [-0.4, -0.2) is 45.3 Å². The molecule has 1 fully saturated rings. The van der Waals surface area contributed by atoms with Crippen LogP contribution in [0.1, 0.15) is 43.8 Å². The molecule has 0 saturated carbocycles. The van der Waals surface area contributed by atoms with Gasteiger partial charge < -0.3 is 14.2 Å². The summed E-state index contributed by atoms with van der Waals surface area (Å²) in [5, 5.41) is 8.37. The van der Waals surface area contributed by atoms with E-state index in [0.717, 1.165) is 56.9 Å². The number of ether oxygens (including phenoxy) is 1. The zero-order valence-electron chi connectivity index (χ0n) is 12.0. The lowest BCUT2D eigenvalue weighted by molar-refractivity contribution is -0.131. The number of carbonyl (C=O) groups excluding carboxylic acids is 1. The summed E-state index contributed by atoms with van der Waals surface area (Å²) in [5.74, 6) is 2.13. The Bertz CT molecular complexity index is 480. The summed E-state index contributed by atoms with van der Waals surface area (Å²) in [7, 11) is 1.84. The number of carbonyl (C=O) groups is 1. The van der Waals surface area contributed by atoms with E-state index in [-0.39, 0.29) is 12.0 Å². The Morgan fingerprint density at radius 3 is 3.15 bits per heavy atom. The standard InChI is InChI=1S/C14H22N4O2/c1-17(14(19)7-6-11-4-3-9-20-11)10-13-16-15-12-5-2-8-18(12)13/h11H,2-10H2,1H3. The van der Waals surface area contributed by atoms with Gasteiger partial charge in [-0.3, -0.25) is 4.79 Å². The zero-order chi connectivity index (χ0) is 13.9. The van der Waals surface area contributed by atoms with Crippen LogP contribution in [0.25, 0.3) is 0 Å². The van der Waals surface area contributed by atoms with Gasteiger partial charge in [0, 0.05) is 33.0 Å². The van der Waals surface area contributed by atoms with Crippen LogP contribution in [0.4, 0.5) is 0 Å². The van der Waals surface area contributed by atoms with Crippen molar-refractivity contribution < 1.29 is 9.53 Å². The van der Waals surface area contributed by atoms with Gasteiger partial charge in [0.1, 0.15) is 5.82 Å². The number of amides is 1. The highest BCUT2D eigenvalue weighted by Crippen LogP contribution is 2.18. The van der Waals surface area contributed by atoms with Gasteiger partial charge in [0.25, 0.3) is 0 Å². The Hall–Kier alpha value is -1.43. The molecule has 3 heterocycles. The van der Waals surface area contributed by atoms with E-state index < -0.39 is 0 Å². The Morgan fingerprint density at radius 1 is 1.45 bits per heavy atom. The van der Waals surface area contributed by atoms with Crippen molar-refractivity contribution in [3.8, 4) is 0 Å². The second-order valence-electron chi connectivity index (χ2n) is 5.71. The van der Waals surface area contributed by atoms with Crippen molar-refractivity contribution in [3.63, 3.8) is 0 Å². The monoisotopic (exact) mass is 278 g/mol. The smallest absolute Gasteiger partial charge is 0.222 e. The van der Waals surface area contributed by atoms with Crippen molar-refractivity contribution in [1.29, 1.82) is 0 Å². The minimum Gasteiger partial charge on any atom is -0.378 e. The largest absolute Gasteiger partial charge is 0.378 e. The molecule has 0 radical (unpaired) electrons. The molecule has 2 aliphatic heterocycles. The highest BCUT2D eigenvalue weighted by molar-refractivity contribution is 5.75. The summed E-state index contributed by atoms with van der Waals surface area (Å²) in [5.41, 5.74) is 0. The SMILES string of the molecule is CN(Cc1nnc2n1CCC2)C(=O)CCC1CCCO1. The number of fused-ring (bicyclic) bond motifs is 1. The Kier molecular flexibility index (Phi) is 4.00. The predicted octanol–water partition coefficient (Wildman–Crippen LogP) is 1.14. The molecule has 6 nitrogen and oxygen atoms in total. The molecule has 1 aromatic rings. The van der Waals surface area contributed by atoms with Gasteiger partial charge in [-0.1, -0.05) is 0 Å². The van der Waals surface area contributed by atoms with E-state index in [1.807, 2.05) is 7.05 Å². The molecule has 1 aromatic heterocycles. The minimum absolute atomic E-state index is 0.163. The lowest BCUT2D eigenvalue weighted by atomic mass is 10.1. The van der Waals surface area contributed by atoms with Gasteiger partial charge in [0.15, 0.2) is 5.82 Å². The molecule has 3 rings (SSSR count). The van der Waals surface area contributed by atoms with E-state index in [2.05, 4.69) is 14.8 Å². The van der Waals surface area contributed by atoms with E-state index in [0.29, 0.717) is 13.0 Å². The second-order valence-corrected chi connectivity index (χ2v) is 5.71.